The maximum Gasteiger partial charge on any atom is 0.257 e. The minimum atomic E-state index is -1.36. The second-order valence-electron chi connectivity index (χ2n) is 7.45. The minimum Gasteiger partial charge on any atom is -0.324 e. The molecule has 2 N–H and O–H groups in total. The lowest BCUT2D eigenvalue weighted by Gasteiger charge is -2.12. The summed E-state index contributed by atoms with van der Waals surface area (Å²) in [4.78, 5) is 25.7. The second-order valence-corrected chi connectivity index (χ2v) is 10.6. The van der Waals surface area contributed by atoms with Crippen LogP contribution in [0.25, 0.3) is 0 Å². The SMILES string of the molecule is O=C(Nc1ccccc1)c1cc(NC(=O)C2C(c3cc(Cl)cc(Cl)c3)C2(Cl)Cl)c(Cl)cc1Cl. The summed E-state index contributed by atoms with van der Waals surface area (Å²) in [7, 11) is 0. The first-order chi connectivity index (χ1) is 15.6. The van der Waals surface area contributed by atoms with Crippen LogP contribution in [-0.4, -0.2) is 16.1 Å². The van der Waals surface area contributed by atoms with Crippen molar-refractivity contribution in [3.8, 4) is 0 Å². The molecule has 33 heavy (non-hydrogen) atoms. The quantitative estimate of drug-likeness (QED) is 0.309. The van der Waals surface area contributed by atoms with Crippen molar-refractivity contribution in [3.63, 3.8) is 0 Å². The van der Waals surface area contributed by atoms with Gasteiger partial charge in [-0.15, -0.1) is 23.2 Å². The maximum atomic E-state index is 13.0. The van der Waals surface area contributed by atoms with Crippen LogP contribution in [0.4, 0.5) is 11.4 Å². The molecule has 1 aliphatic rings. The lowest BCUT2D eigenvalue weighted by molar-refractivity contribution is -0.117. The molecule has 2 atom stereocenters. The number of para-hydroxylation sites is 1. The number of carbonyl (C=O) groups is 2. The molecule has 3 aromatic rings. The van der Waals surface area contributed by atoms with Gasteiger partial charge in [-0.05, 0) is 48.0 Å². The molecule has 1 fully saturated rings. The van der Waals surface area contributed by atoms with Gasteiger partial charge in [0.2, 0.25) is 5.91 Å². The van der Waals surface area contributed by atoms with Crippen LogP contribution in [0, 0.1) is 5.92 Å². The van der Waals surface area contributed by atoms with Crippen molar-refractivity contribution in [2.24, 2.45) is 5.92 Å². The molecule has 0 spiro atoms. The Labute approximate surface area is 220 Å². The summed E-state index contributed by atoms with van der Waals surface area (Å²) in [5.41, 5.74) is 1.57. The number of amides is 2. The molecule has 170 valence electrons. The Morgan fingerprint density at radius 2 is 1.42 bits per heavy atom. The van der Waals surface area contributed by atoms with Crippen molar-refractivity contribution in [1.82, 2.24) is 0 Å². The fourth-order valence-corrected chi connectivity index (χ4v) is 5.46. The van der Waals surface area contributed by atoms with Crippen LogP contribution in [0.1, 0.15) is 21.8 Å². The van der Waals surface area contributed by atoms with Crippen LogP contribution in [-0.2, 0) is 4.79 Å². The van der Waals surface area contributed by atoms with E-state index in [0.717, 1.165) is 0 Å². The molecule has 0 radical (unpaired) electrons. The number of anilines is 2. The number of benzene rings is 3. The van der Waals surface area contributed by atoms with E-state index >= 15 is 0 Å². The molecule has 4 rings (SSSR count). The number of hydrogen-bond acceptors (Lipinski definition) is 2. The number of halogens is 6. The normalized spacial score (nSPS) is 18.5. The van der Waals surface area contributed by atoms with Gasteiger partial charge in [0, 0.05) is 21.7 Å². The molecular formula is C23H14Cl6N2O2. The fourth-order valence-electron chi connectivity index (χ4n) is 3.57. The highest BCUT2D eigenvalue weighted by Crippen LogP contribution is 2.65. The van der Waals surface area contributed by atoms with E-state index < -0.39 is 28.0 Å². The maximum absolute atomic E-state index is 13.0. The smallest absolute Gasteiger partial charge is 0.257 e. The molecule has 0 aromatic heterocycles. The Balaban J connectivity index is 1.55. The first-order valence-electron chi connectivity index (χ1n) is 9.58. The first-order valence-corrected chi connectivity index (χ1v) is 11.8. The van der Waals surface area contributed by atoms with Crippen LogP contribution in [0.5, 0.6) is 0 Å². The molecule has 2 amide bonds. The molecule has 2 unspecified atom stereocenters. The summed E-state index contributed by atoms with van der Waals surface area (Å²) in [5, 5.41) is 6.54. The third-order valence-corrected chi connectivity index (χ3v) is 7.17. The number of rotatable bonds is 5. The summed E-state index contributed by atoms with van der Waals surface area (Å²) in [6, 6.07) is 16.5. The molecule has 4 nitrogen and oxygen atoms in total. The molecule has 1 aliphatic carbocycles. The number of hydrogen-bond donors (Lipinski definition) is 2. The molecular weight excluding hydrogens is 549 g/mol. The summed E-state index contributed by atoms with van der Waals surface area (Å²) < 4.78 is -1.36. The number of nitrogens with one attached hydrogen (secondary N) is 2. The highest BCUT2D eigenvalue weighted by atomic mass is 35.5. The van der Waals surface area contributed by atoms with Crippen molar-refractivity contribution in [2.45, 2.75) is 10.3 Å². The van der Waals surface area contributed by atoms with Crippen LogP contribution >= 0.6 is 69.6 Å². The molecule has 1 saturated carbocycles. The first kappa shape index (κ1) is 24.5. The molecule has 10 heteroatoms. The summed E-state index contributed by atoms with van der Waals surface area (Å²) >= 11 is 37.5. The van der Waals surface area contributed by atoms with Crippen molar-refractivity contribution in [3.05, 3.63) is 91.9 Å². The van der Waals surface area contributed by atoms with E-state index in [2.05, 4.69) is 10.6 Å². The largest absolute Gasteiger partial charge is 0.324 e. The van der Waals surface area contributed by atoms with Crippen LogP contribution in [0.3, 0.4) is 0 Å². The minimum absolute atomic E-state index is 0.133. The zero-order chi connectivity index (χ0) is 23.9. The van der Waals surface area contributed by atoms with Gasteiger partial charge in [-0.2, -0.15) is 0 Å². The van der Waals surface area contributed by atoms with Crippen LogP contribution in [0.15, 0.2) is 60.7 Å². The summed E-state index contributed by atoms with van der Waals surface area (Å²) in [6.45, 7) is 0. The van der Waals surface area contributed by atoms with Gasteiger partial charge in [0.25, 0.3) is 5.91 Å². The molecule has 0 bridgehead atoms. The van der Waals surface area contributed by atoms with E-state index in [9.17, 15) is 9.59 Å². The molecule has 0 saturated heterocycles. The van der Waals surface area contributed by atoms with Gasteiger partial charge in [-0.25, -0.2) is 0 Å². The zero-order valence-corrected chi connectivity index (χ0v) is 21.0. The van der Waals surface area contributed by atoms with Crippen LogP contribution in [0.2, 0.25) is 20.1 Å². The molecule has 3 aromatic carbocycles. The highest BCUT2D eigenvalue weighted by Gasteiger charge is 2.67. The average molecular weight is 563 g/mol. The third kappa shape index (κ3) is 5.22. The van der Waals surface area contributed by atoms with Crippen molar-refractivity contribution in [2.75, 3.05) is 10.6 Å². The Hall–Kier alpha value is -1.66. The summed E-state index contributed by atoms with van der Waals surface area (Å²) in [5.74, 6) is -2.24. The zero-order valence-electron chi connectivity index (χ0n) is 16.5. The van der Waals surface area contributed by atoms with Gasteiger partial charge in [-0.1, -0.05) is 64.6 Å². The monoisotopic (exact) mass is 560 g/mol. The van der Waals surface area contributed by atoms with E-state index in [-0.39, 0.29) is 21.3 Å². The number of alkyl halides is 2. The van der Waals surface area contributed by atoms with Crippen molar-refractivity contribution < 1.29 is 9.59 Å². The fraction of sp³-hybridized carbons (Fsp3) is 0.130. The molecule has 0 aliphatic heterocycles. The van der Waals surface area contributed by atoms with Gasteiger partial charge >= 0.3 is 0 Å². The topological polar surface area (TPSA) is 58.2 Å². The van der Waals surface area contributed by atoms with E-state index in [0.29, 0.717) is 21.3 Å². The van der Waals surface area contributed by atoms with Gasteiger partial charge in [0.05, 0.1) is 27.2 Å². The predicted molar refractivity (Wildman–Crippen MR) is 137 cm³/mol. The van der Waals surface area contributed by atoms with Gasteiger partial charge in [0.1, 0.15) is 4.33 Å². The second kappa shape index (κ2) is 9.53. The average Bonchev–Trinajstić information content (AvgIpc) is 3.32. The van der Waals surface area contributed by atoms with E-state index in [1.807, 2.05) is 6.07 Å². The summed E-state index contributed by atoms with van der Waals surface area (Å²) in [6.07, 6.45) is 0. The standard InChI is InChI=1S/C23H14Cl6N2O2/c24-12-6-11(7-13(25)8-12)19-20(23(19,28)29)22(33)31-18-9-15(16(26)10-17(18)27)21(32)30-14-4-2-1-3-5-14/h1-10,19-20H,(H,30,32)(H,31,33). The van der Waals surface area contributed by atoms with E-state index in [1.54, 1.807) is 42.5 Å². The van der Waals surface area contributed by atoms with Gasteiger partial charge in [0.15, 0.2) is 0 Å². The Morgan fingerprint density at radius 1 is 0.788 bits per heavy atom. The Bertz CT molecular complexity index is 1230. The highest BCUT2D eigenvalue weighted by molar-refractivity contribution is 6.53. The van der Waals surface area contributed by atoms with E-state index in [4.69, 9.17) is 69.6 Å². The predicted octanol–water partition coefficient (Wildman–Crippen LogP) is 8.08. The van der Waals surface area contributed by atoms with Crippen molar-refractivity contribution >= 4 is 92.8 Å². The Morgan fingerprint density at radius 3 is 2.06 bits per heavy atom. The lowest BCUT2D eigenvalue weighted by Crippen LogP contribution is -2.18. The van der Waals surface area contributed by atoms with Crippen molar-refractivity contribution in [1.29, 1.82) is 0 Å². The van der Waals surface area contributed by atoms with Gasteiger partial charge in [-0.3, -0.25) is 9.59 Å². The number of carbonyl (C=O) groups excluding carboxylic acids is 2. The third-order valence-electron chi connectivity index (χ3n) is 5.17. The van der Waals surface area contributed by atoms with Gasteiger partial charge < -0.3 is 10.6 Å². The van der Waals surface area contributed by atoms with E-state index in [1.165, 1.54) is 12.1 Å². The Kier molecular flexibility index (Phi) is 7.07. The lowest BCUT2D eigenvalue weighted by atomic mass is 10.1. The molecule has 0 heterocycles. The van der Waals surface area contributed by atoms with Crippen LogP contribution < -0.4 is 10.6 Å².